The molecule has 0 radical (unpaired) electrons. The number of pyridine rings is 1. The molecule has 0 aromatic carbocycles. The number of rotatable bonds is 2. The first-order chi connectivity index (χ1) is 7.57. The van der Waals surface area contributed by atoms with Crippen molar-refractivity contribution in [1.82, 2.24) is 9.88 Å². The summed E-state index contributed by atoms with van der Waals surface area (Å²) in [6.07, 6.45) is 3.57. The molecule has 5 heteroatoms. The highest BCUT2D eigenvalue weighted by Crippen LogP contribution is 2.14. The zero-order valence-corrected chi connectivity index (χ0v) is 10.2. The van der Waals surface area contributed by atoms with Crippen molar-refractivity contribution in [3.05, 3.63) is 30.1 Å². The van der Waals surface area contributed by atoms with Crippen LogP contribution in [-0.2, 0) is 16.4 Å². The highest BCUT2D eigenvalue weighted by Gasteiger charge is 2.27. The third-order valence-corrected chi connectivity index (χ3v) is 4.71. The van der Waals surface area contributed by atoms with Gasteiger partial charge in [0.15, 0.2) is 9.84 Å². The summed E-state index contributed by atoms with van der Waals surface area (Å²) in [5.41, 5.74) is 1.13. The molecular formula is C11H16N2O2S. The van der Waals surface area contributed by atoms with Crippen molar-refractivity contribution in [3.8, 4) is 0 Å². The molecule has 16 heavy (non-hydrogen) atoms. The van der Waals surface area contributed by atoms with Gasteiger partial charge in [-0.05, 0) is 18.6 Å². The molecule has 0 saturated carbocycles. The molecule has 4 nitrogen and oxygen atoms in total. The van der Waals surface area contributed by atoms with E-state index in [0.29, 0.717) is 6.54 Å². The van der Waals surface area contributed by atoms with Crippen molar-refractivity contribution in [2.45, 2.75) is 19.5 Å². The fourth-order valence-corrected chi connectivity index (χ4v) is 3.62. The third kappa shape index (κ3) is 2.80. The Morgan fingerprint density at radius 2 is 2.38 bits per heavy atom. The van der Waals surface area contributed by atoms with E-state index in [1.165, 1.54) is 0 Å². The predicted molar refractivity (Wildman–Crippen MR) is 62.8 cm³/mol. The van der Waals surface area contributed by atoms with E-state index in [2.05, 4.69) is 9.88 Å². The summed E-state index contributed by atoms with van der Waals surface area (Å²) in [7, 11) is -2.81. The Kier molecular flexibility index (Phi) is 3.25. The van der Waals surface area contributed by atoms with Gasteiger partial charge in [0.25, 0.3) is 0 Å². The standard InChI is InChI=1S/C11H16N2O2S/c1-10-9-16(14,15)6-5-13(10)8-11-3-2-4-12-7-11/h2-4,7,10H,5-6,8-9H2,1H3. The Balaban J connectivity index is 2.02. The van der Waals surface area contributed by atoms with E-state index in [0.717, 1.165) is 12.1 Å². The maximum Gasteiger partial charge on any atom is 0.153 e. The molecule has 0 aliphatic carbocycles. The second kappa shape index (κ2) is 4.51. The summed E-state index contributed by atoms with van der Waals surface area (Å²) < 4.78 is 22.8. The van der Waals surface area contributed by atoms with Gasteiger partial charge >= 0.3 is 0 Å². The molecule has 0 amide bonds. The van der Waals surface area contributed by atoms with Crippen molar-refractivity contribution in [2.75, 3.05) is 18.1 Å². The van der Waals surface area contributed by atoms with Gasteiger partial charge in [0.05, 0.1) is 11.5 Å². The van der Waals surface area contributed by atoms with E-state index < -0.39 is 9.84 Å². The van der Waals surface area contributed by atoms with Crippen LogP contribution >= 0.6 is 0 Å². The van der Waals surface area contributed by atoms with Gasteiger partial charge in [0.2, 0.25) is 0 Å². The Morgan fingerprint density at radius 1 is 1.56 bits per heavy atom. The van der Waals surface area contributed by atoms with Gasteiger partial charge in [0, 0.05) is 31.5 Å². The van der Waals surface area contributed by atoms with Gasteiger partial charge in [-0.15, -0.1) is 0 Å². The SMILES string of the molecule is CC1CS(=O)(=O)CCN1Cc1cccnc1. The molecule has 1 aliphatic heterocycles. The van der Waals surface area contributed by atoms with Crippen LogP contribution in [0.1, 0.15) is 12.5 Å². The van der Waals surface area contributed by atoms with Crippen LogP contribution in [0.25, 0.3) is 0 Å². The minimum atomic E-state index is -2.81. The first-order valence-electron chi connectivity index (χ1n) is 5.40. The summed E-state index contributed by atoms with van der Waals surface area (Å²) in [6.45, 7) is 3.37. The van der Waals surface area contributed by atoms with Crippen LogP contribution in [0.15, 0.2) is 24.5 Å². The van der Waals surface area contributed by atoms with E-state index >= 15 is 0 Å². The number of sulfone groups is 1. The smallest absolute Gasteiger partial charge is 0.153 e. The lowest BCUT2D eigenvalue weighted by atomic mass is 10.2. The Hall–Kier alpha value is -0.940. The minimum absolute atomic E-state index is 0.0963. The molecule has 2 rings (SSSR count). The summed E-state index contributed by atoms with van der Waals surface area (Å²) in [5.74, 6) is 0.546. The lowest BCUT2D eigenvalue weighted by Crippen LogP contribution is -2.46. The van der Waals surface area contributed by atoms with Crippen molar-refractivity contribution < 1.29 is 8.42 Å². The van der Waals surface area contributed by atoms with Gasteiger partial charge < -0.3 is 0 Å². The van der Waals surface area contributed by atoms with Crippen molar-refractivity contribution in [2.24, 2.45) is 0 Å². The molecule has 1 aromatic rings. The van der Waals surface area contributed by atoms with Crippen LogP contribution < -0.4 is 0 Å². The molecular weight excluding hydrogens is 224 g/mol. The second-order valence-corrected chi connectivity index (χ2v) is 6.52. The molecule has 1 atom stereocenters. The second-order valence-electron chi connectivity index (χ2n) is 4.30. The zero-order chi connectivity index (χ0) is 11.6. The maximum atomic E-state index is 11.4. The van der Waals surface area contributed by atoms with E-state index in [-0.39, 0.29) is 17.5 Å². The van der Waals surface area contributed by atoms with Crippen LogP contribution in [-0.4, -0.2) is 42.4 Å². The Morgan fingerprint density at radius 3 is 3.00 bits per heavy atom. The topological polar surface area (TPSA) is 50.3 Å². The maximum absolute atomic E-state index is 11.4. The third-order valence-electron chi connectivity index (χ3n) is 2.92. The van der Waals surface area contributed by atoms with Crippen LogP contribution in [0, 0.1) is 0 Å². The fourth-order valence-electron chi connectivity index (χ4n) is 1.99. The number of aromatic nitrogens is 1. The fraction of sp³-hybridized carbons (Fsp3) is 0.545. The highest BCUT2D eigenvalue weighted by atomic mass is 32.2. The van der Waals surface area contributed by atoms with Crippen molar-refractivity contribution in [1.29, 1.82) is 0 Å². The van der Waals surface area contributed by atoms with Crippen LogP contribution in [0.3, 0.4) is 0 Å². The van der Waals surface area contributed by atoms with E-state index in [1.807, 2.05) is 25.3 Å². The van der Waals surface area contributed by atoms with Crippen LogP contribution in [0.2, 0.25) is 0 Å². The monoisotopic (exact) mass is 240 g/mol. The Bertz CT molecular complexity index is 444. The lowest BCUT2D eigenvalue weighted by Gasteiger charge is -2.32. The van der Waals surface area contributed by atoms with Gasteiger partial charge in [-0.1, -0.05) is 6.07 Å². The minimum Gasteiger partial charge on any atom is -0.294 e. The predicted octanol–water partition coefficient (Wildman–Crippen LogP) is 0.700. The first-order valence-corrected chi connectivity index (χ1v) is 7.22. The summed E-state index contributed by atoms with van der Waals surface area (Å²) in [6, 6.07) is 4.02. The average Bonchev–Trinajstić information content (AvgIpc) is 2.23. The summed E-state index contributed by atoms with van der Waals surface area (Å²) in [4.78, 5) is 6.25. The average molecular weight is 240 g/mol. The number of nitrogens with zero attached hydrogens (tertiary/aromatic N) is 2. The molecule has 0 spiro atoms. The molecule has 88 valence electrons. The largest absolute Gasteiger partial charge is 0.294 e. The lowest BCUT2D eigenvalue weighted by molar-refractivity contribution is 0.218. The van der Waals surface area contributed by atoms with E-state index in [1.54, 1.807) is 6.20 Å². The number of hydrogen-bond acceptors (Lipinski definition) is 4. The van der Waals surface area contributed by atoms with Crippen molar-refractivity contribution >= 4 is 9.84 Å². The molecule has 0 N–H and O–H groups in total. The Labute approximate surface area is 96.2 Å². The van der Waals surface area contributed by atoms with Crippen LogP contribution in [0.5, 0.6) is 0 Å². The van der Waals surface area contributed by atoms with Gasteiger partial charge in [0.1, 0.15) is 0 Å². The molecule has 1 aliphatic rings. The molecule has 1 aromatic heterocycles. The molecule has 1 saturated heterocycles. The summed E-state index contributed by atoms with van der Waals surface area (Å²) >= 11 is 0. The summed E-state index contributed by atoms with van der Waals surface area (Å²) in [5, 5.41) is 0. The van der Waals surface area contributed by atoms with E-state index in [9.17, 15) is 8.42 Å². The number of hydrogen-bond donors (Lipinski definition) is 0. The molecule has 1 unspecified atom stereocenters. The highest BCUT2D eigenvalue weighted by molar-refractivity contribution is 7.91. The van der Waals surface area contributed by atoms with Crippen molar-refractivity contribution in [3.63, 3.8) is 0 Å². The van der Waals surface area contributed by atoms with E-state index in [4.69, 9.17) is 0 Å². The first kappa shape index (κ1) is 11.5. The molecule has 2 heterocycles. The van der Waals surface area contributed by atoms with Gasteiger partial charge in [-0.25, -0.2) is 8.42 Å². The molecule has 1 fully saturated rings. The zero-order valence-electron chi connectivity index (χ0n) is 9.33. The normalized spacial score (nSPS) is 25.4. The molecule has 0 bridgehead atoms. The van der Waals surface area contributed by atoms with Crippen LogP contribution in [0.4, 0.5) is 0 Å². The van der Waals surface area contributed by atoms with Gasteiger partial charge in [-0.2, -0.15) is 0 Å². The van der Waals surface area contributed by atoms with Gasteiger partial charge in [-0.3, -0.25) is 9.88 Å². The quantitative estimate of drug-likeness (QED) is 0.763.